The zero-order valence-electron chi connectivity index (χ0n) is 18.8. The van der Waals surface area contributed by atoms with Crippen LogP contribution in [-0.4, -0.2) is 0 Å². The minimum atomic E-state index is 0.978. The average Bonchev–Trinajstić information content (AvgIpc) is 2.75. The average molecular weight is 385 g/mol. The molecule has 28 heavy (non-hydrogen) atoms. The van der Waals surface area contributed by atoms with Crippen LogP contribution in [0.3, 0.4) is 0 Å². The summed E-state index contributed by atoms with van der Waals surface area (Å²) < 4.78 is 0. The highest BCUT2D eigenvalue weighted by Gasteiger charge is 2.31. The molecule has 0 bridgehead atoms. The van der Waals surface area contributed by atoms with Crippen molar-refractivity contribution in [3.8, 4) is 0 Å². The van der Waals surface area contributed by atoms with E-state index in [4.69, 9.17) is 0 Å². The van der Waals surface area contributed by atoms with Crippen LogP contribution in [0.1, 0.15) is 128 Å². The Hall–Kier alpha value is -0.260. The molecule has 4 unspecified atom stereocenters. The summed E-state index contributed by atoms with van der Waals surface area (Å²) in [6, 6.07) is 0. The van der Waals surface area contributed by atoms with E-state index in [1.165, 1.54) is 77.0 Å². The molecule has 0 saturated heterocycles. The van der Waals surface area contributed by atoms with Gasteiger partial charge in [0.2, 0.25) is 0 Å². The van der Waals surface area contributed by atoms with E-state index in [1.807, 2.05) is 0 Å². The van der Waals surface area contributed by atoms with Gasteiger partial charge in [0.1, 0.15) is 0 Å². The van der Waals surface area contributed by atoms with Crippen molar-refractivity contribution in [2.45, 2.75) is 128 Å². The molecular weight excluding hydrogens is 336 g/mol. The lowest BCUT2D eigenvalue weighted by atomic mass is 9.68. The Labute approximate surface area is 176 Å². The van der Waals surface area contributed by atoms with Gasteiger partial charge in [0.15, 0.2) is 0 Å². The summed E-state index contributed by atoms with van der Waals surface area (Å²) in [5.41, 5.74) is 1.63. The van der Waals surface area contributed by atoms with Crippen LogP contribution in [0.25, 0.3) is 0 Å². The molecule has 4 saturated carbocycles. The van der Waals surface area contributed by atoms with Crippen molar-refractivity contribution in [1.29, 1.82) is 0 Å². The molecule has 0 radical (unpaired) electrons. The standard InChI is InChI=1S/C28H48/c1-22(18-23-10-8-16-27(20-23)25-12-4-2-5-13-25)19-24-11-9-17-28(21-24)26-14-6-3-7-15-26/h23-28H,1-21H2. The summed E-state index contributed by atoms with van der Waals surface area (Å²) in [6.07, 6.45) is 30.2. The molecule has 0 aromatic rings. The summed E-state index contributed by atoms with van der Waals surface area (Å²) in [6.45, 7) is 4.62. The van der Waals surface area contributed by atoms with Crippen LogP contribution >= 0.6 is 0 Å². The van der Waals surface area contributed by atoms with Crippen molar-refractivity contribution >= 4 is 0 Å². The third-order valence-corrected chi connectivity index (χ3v) is 9.43. The van der Waals surface area contributed by atoms with E-state index in [0.717, 1.165) is 35.5 Å². The highest BCUT2D eigenvalue weighted by atomic mass is 14.4. The molecule has 0 spiro atoms. The van der Waals surface area contributed by atoms with Crippen LogP contribution in [-0.2, 0) is 0 Å². The quantitative estimate of drug-likeness (QED) is 0.400. The summed E-state index contributed by atoms with van der Waals surface area (Å²) in [7, 11) is 0. The number of hydrogen-bond donors (Lipinski definition) is 0. The topological polar surface area (TPSA) is 0 Å². The molecule has 160 valence electrons. The Morgan fingerprint density at radius 2 is 0.857 bits per heavy atom. The molecule has 4 aliphatic carbocycles. The first-order valence-electron chi connectivity index (χ1n) is 13.4. The van der Waals surface area contributed by atoms with Crippen LogP contribution < -0.4 is 0 Å². The van der Waals surface area contributed by atoms with Gasteiger partial charge in [-0.1, -0.05) is 115 Å². The second-order valence-corrected chi connectivity index (χ2v) is 11.5. The summed E-state index contributed by atoms with van der Waals surface area (Å²) in [4.78, 5) is 0. The fraction of sp³-hybridized carbons (Fsp3) is 0.929. The maximum absolute atomic E-state index is 4.62. The highest BCUT2D eigenvalue weighted by Crippen LogP contribution is 2.44. The molecule has 0 N–H and O–H groups in total. The van der Waals surface area contributed by atoms with Gasteiger partial charge in [-0.3, -0.25) is 0 Å². The van der Waals surface area contributed by atoms with Gasteiger partial charge >= 0.3 is 0 Å². The molecule has 0 heteroatoms. The maximum atomic E-state index is 4.62. The molecule has 0 aromatic heterocycles. The predicted octanol–water partition coefficient (Wildman–Crippen LogP) is 9.10. The Balaban J connectivity index is 1.21. The number of rotatable bonds is 6. The summed E-state index contributed by atoms with van der Waals surface area (Å²) in [5.74, 6) is 6.25. The van der Waals surface area contributed by atoms with Gasteiger partial charge < -0.3 is 0 Å². The van der Waals surface area contributed by atoms with E-state index in [-0.39, 0.29) is 0 Å². The van der Waals surface area contributed by atoms with E-state index in [9.17, 15) is 0 Å². The highest BCUT2D eigenvalue weighted by molar-refractivity contribution is 5.00. The third kappa shape index (κ3) is 5.89. The van der Waals surface area contributed by atoms with Crippen LogP contribution in [0, 0.1) is 35.5 Å². The Morgan fingerprint density at radius 1 is 0.464 bits per heavy atom. The first kappa shape index (κ1) is 21.0. The Bertz CT molecular complexity index is 422. The molecule has 4 atom stereocenters. The second-order valence-electron chi connectivity index (χ2n) is 11.5. The molecule has 4 rings (SSSR count). The molecule has 0 aliphatic heterocycles. The molecule has 0 heterocycles. The fourth-order valence-corrected chi connectivity index (χ4v) is 8.00. The van der Waals surface area contributed by atoms with Crippen LogP contribution in [0.2, 0.25) is 0 Å². The van der Waals surface area contributed by atoms with Crippen molar-refractivity contribution in [3.63, 3.8) is 0 Å². The number of hydrogen-bond acceptors (Lipinski definition) is 0. The number of allylic oxidation sites excluding steroid dienone is 1. The van der Waals surface area contributed by atoms with Gasteiger partial charge in [0.05, 0.1) is 0 Å². The lowest BCUT2D eigenvalue weighted by Crippen LogP contribution is -2.26. The third-order valence-electron chi connectivity index (χ3n) is 9.43. The summed E-state index contributed by atoms with van der Waals surface area (Å²) in [5, 5.41) is 0. The van der Waals surface area contributed by atoms with Gasteiger partial charge in [0.25, 0.3) is 0 Å². The van der Waals surface area contributed by atoms with E-state index in [2.05, 4.69) is 6.58 Å². The predicted molar refractivity (Wildman–Crippen MR) is 122 cm³/mol. The lowest BCUT2D eigenvalue weighted by Gasteiger charge is -2.38. The monoisotopic (exact) mass is 384 g/mol. The molecule has 0 amide bonds. The zero-order valence-corrected chi connectivity index (χ0v) is 18.8. The minimum absolute atomic E-state index is 0.978. The van der Waals surface area contributed by atoms with Crippen molar-refractivity contribution in [2.75, 3.05) is 0 Å². The van der Waals surface area contributed by atoms with Gasteiger partial charge in [0, 0.05) is 0 Å². The molecule has 4 aliphatic rings. The fourth-order valence-electron chi connectivity index (χ4n) is 8.00. The lowest BCUT2D eigenvalue weighted by molar-refractivity contribution is 0.151. The normalized spacial score (nSPS) is 36.3. The first-order valence-corrected chi connectivity index (χ1v) is 13.4. The Morgan fingerprint density at radius 3 is 1.29 bits per heavy atom. The van der Waals surface area contributed by atoms with E-state index in [1.54, 1.807) is 56.9 Å². The SMILES string of the molecule is C=C(CC1CCCC(C2CCCCC2)C1)CC1CCCC(C2CCCCC2)C1. The van der Waals surface area contributed by atoms with E-state index in [0.29, 0.717) is 0 Å². The van der Waals surface area contributed by atoms with Gasteiger partial charge in [-0.2, -0.15) is 0 Å². The van der Waals surface area contributed by atoms with Gasteiger partial charge in [-0.25, -0.2) is 0 Å². The van der Waals surface area contributed by atoms with Crippen LogP contribution in [0.5, 0.6) is 0 Å². The van der Waals surface area contributed by atoms with Crippen molar-refractivity contribution in [1.82, 2.24) is 0 Å². The van der Waals surface area contributed by atoms with E-state index < -0.39 is 0 Å². The Kier molecular flexibility index (Phi) is 8.00. The van der Waals surface area contributed by atoms with E-state index >= 15 is 0 Å². The van der Waals surface area contributed by atoms with Gasteiger partial charge in [-0.15, -0.1) is 0 Å². The maximum Gasteiger partial charge on any atom is -0.0294 e. The van der Waals surface area contributed by atoms with Crippen molar-refractivity contribution < 1.29 is 0 Å². The van der Waals surface area contributed by atoms with Gasteiger partial charge in [-0.05, 0) is 61.2 Å². The summed E-state index contributed by atoms with van der Waals surface area (Å²) >= 11 is 0. The molecule has 0 aromatic carbocycles. The van der Waals surface area contributed by atoms with Crippen LogP contribution in [0.4, 0.5) is 0 Å². The molecular formula is C28H48. The zero-order chi connectivity index (χ0) is 19.2. The minimum Gasteiger partial charge on any atom is -0.0998 e. The molecule has 0 nitrogen and oxygen atoms in total. The second kappa shape index (κ2) is 10.7. The van der Waals surface area contributed by atoms with Crippen LogP contribution in [0.15, 0.2) is 12.2 Å². The van der Waals surface area contributed by atoms with Crippen molar-refractivity contribution in [2.24, 2.45) is 35.5 Å². The molecule has 4 fully saturated rings. The van der Waals surface area contributed by atoms with Crippen molar-refractivity contribution in [3.05, 3.63) is 12.2 Å². The first-order chi connectivity index (χ1) is 13.8. The largest absolute Gasteiger partial charge is 0.0998 e. The smallest absolute Gasteiger partial charge is 0.0294 e.